The molecule has 0 heterocycles. The van der Waals surface area contributed by atoms with Gasteiger partial charge in [-0.15, -0.1) is 0 Å². The highest BCUT2D eigenvalue weighted by molar-refractivity contribution is 7.80. The highest BCUT2D eigenvalue weighted by Gasteiger charge is 1.95. The van der Waals surface area contributed by atoms with Crippen molar-refractivity contribution < 1.29 is 4.74 Å². The summed E-state index contributed by atoms with van der Waals surface area (Å²) in [5.74, 6) is 0.902. The van der Waals surface area contributed by atoms with Crippen LogP contribution >= 0.6 is 12.2 Å². The van der Waals surface area contributed by atoms with Gasteiger partial charge in [0.05, 0.1) is 6.54 Å². The van der Waals surface area contributed by atoms with Crippen molar-refractivity contribution >= 4 is 17.3 Å². The minimum Gasteiger partial charge on any atom is -0.492 e. The van der Waals surface area contributed by atoms with Gasteiger partial charge in [0.15, 0.2) is 5.11 Å². The fourth-order valence-corrected chi connectivity index (χ4v) is 1.54. The lowest BCUT2D eigenvalue weighted by molar-refractivity contribution is 0.322. The molecule has 0 saturated heterocycles. The third-order valence-corrected chi connectivity index (χ3v) is 2.47. The van der Waals surface area contributed by atoms with Gasteiger partial charge in [-0.2, -0.15) is 0 Å². The van der Waals surface area contributed by atoms with Crippen LogP contribution in [0, 0.1) is 6.92 Å². The van der Waals surface area contributed by atoms with Crippen LogP contribution < -0.4 is 15.4 Å². The van der Waals surface area contributed by atoms with Gasteiger partial charge in [-0.05, 0) is 43.3 Å². The van der Waals surface area contributed by atoms with Crippen LogP contribution in [-0.2, 0) is 0 Å². The smallest absolute Gasteiger partial charge is 0.166 e. The molecule has 2 N–H and O–H groups in total. The topological polar surface area (TPSA) is 33.3 Å². The maximum atomic E-state index is 5.59. The Labute approximate surface area is 109 Å². The second kappa shape index (κ2) is 7.90. The Morgan fingerprint density at radius 2 is 2.06 bits per heavy atom. The molecule has 0 atom stereocenters. The van der Waals surface area contributed by atoms with Gasteiger partial charge in [-0.3, -0.25) is 0 Å². The normalized spacial score (nSPS) is 9.76. The summed E-state index contributed by atoms with van der Waals surface area (Å²) >= 11 is 5.09. The average Bonchev–Trinajstić information content (AvgIpc) is 2.32. The fourth-order valence-electron chi connectivity index (χ4n) is 1.34. The Morgan fingerprint density at radius 3 is 2.76 bits per heavy atom. The van der Waals surface area contributed by atoms with Crippen LogP contribution in [-0.4, -0.2) is 24.8 Å². The number of hydrogen-bond donors (Lipinski definition) is 2. The summed E-state index contributed by atoms with van der Waals surface area (Å²) < 4.78 is 5.59. The first-order valence-corrected chi connectivity index (χ1v) is 6.34. The van der Waals surface area contributed by atoms with Gasteiger partial charge in [-0.1, -0.05) is 19.1 Å². The average molecular weight is 252 g/mol. The zero-order valence-electron chi connectivity index (χ0n) is 10.5. The third-order valence-electron chi connectivity index (χ3n) is 2.18. The van der Waals surface area contributed by atoms with Crippen molar-refractivity contribution in [3.63, 3.8) is 0 Å². The van der Waals surface area contributed by atoms with E-state index in [1.165, 1.54) is 5.56 Å². The summed E-state index contributed by atoms with van der Waals surface area (Å²) in [6.07, 6.45) is 1.07. The summed E-state index contributed by atoms with van der Waals surface area (Å²) in [5.41, 5.74) is 1.20. The van der Waals surface area contributed by atoms with E-state index in [4.69, 9.17) is 17.0 Å². The van der Waals surface area contributed by atoms with Crippen molar-refractivity contribution in [3.8, 4) is 5.75 Å². The number of benzene rings is 1. The summed E-state index contributed by atoms with van der Waals surface area (Å²) in [7, 11) is 0. The molecule has 0 amide bonds. The summed E-state index contributed by atoms with van der Waals surface area (Å²) in [5, 5.41) is 6.90. The van der Waals surface area contributed by atoms with Crippen LogP contribution in [0.4, 0.5) is 0 Å². The van der Waals surface area contributed by atoms with Gasteiger partial charge in [0, 0.05) is 6.54 Å². The van der Waals surface area contributed by atoms with Crippen LogP contribution in [0.5, 0.6) is 5.75 Å². The first-order valence-electron chi connectivity index (χ1n) is 5.93. The number of ether oxygens (including phenoxy) is 1. The Hall–Kier alpha value is -1.29. The molecule has 0 radical (unpaired) electrons. The molecule has 0 aromatic heterocycles. The molecule has 1 aromatic carbocycles. The monoisotopic (exact) mass is 252 g/mol. The van der Waals surface area contributed by atoms with Crippen molar-refractivity contribution in [2.75, 3.05) is 19.7 Å². The Bertz CT molecular complexity index is 355. The number of hydrogen-bond acceptors (Lipinski definition) is 2. The molecular formula is C13H20N2OS. The van der Waals surface area contributed by atoms with E-state index in [-0.39, 0.29) is 0 Å². The Balaban J connectivity index is 2.14. The molecule has 4 heteroatoms. The summed E-state index contributed by atoms with van der Waals surface area (Å²) in [4.78, 5) is 0. The molecule has 0 spiro atoms. The number of thiocarbonyl (C=S) groups is 1. The maximum Gasteiger partial charge on any atom is 0.166 e. The van der Waals surface area contributed by atoms with E-state index in [1.54, 1.807) is 0 Å². The molecule has 0 unspecified atom stereocenters. The molecule has 1 rings (SSSR count). The molecule has 17 heavy (non-hydrogen) atoms. The SMILES string of the molecule is CCCNC(=S)NCCOc1cccc(C)c1. The lowest BCUT2D eigenvalue weighted by Crippen LogP contribution is -2.37. The quantitative estimate of drug-likeness (QED) is 0.601. The Kier molecular flexibility index (Phi) is 6.40. The van der Waals surface area contributed by atoms with E-state index < -0.39 is 0 Å². The van der Waals surface area contributed by atoms with Gasteiger partial charge >= 0.3 is 0 Å². The lowest BCUT2D eigenvalue weighted by atomic mass is 10.2. The predicted octanol–water partition coefficient (Wildman–Crippen LogP) is 2.25. The molecule has 0 fully saturated rings. The van der Waals surface area contributed by atoms with Crippen molar-refractivity contribution in [2.45, 2.75) is 20.3 Å². The van der Waals surface area contributed by atoms with Crippen molar-refractivity contribution in [1.82, 2.24) is 10.6 Å². The highest BCUT2D eigenvalue weighted by atomic mass is 32.1. The van der Waals surface area contributed by atoms with Crippen LogP contribution in [0.25, 0.3) is 0 Å². The molecule has 94 valence electrons. The molecular weight excluding hydrogens is 232 g/mol. The second-order valence-corrected chi connectivity index (χ2v) is 4.26. The van der Waals surface area contributed by atoms with E-state index in [9.17, 15) is 0 Å². The van der Waals surface area contributed by atoms with Gasteiger partial charge in [0.1, 0.15) is 12.4 Å². The van der Waals surface area contributed by atoms with E-state index in [0.29, 0.717) is 18.3 Å². The van der Waals surface area contributed by atoms with Gasteiger partial charge < -0.3 is 15.4 Å². The number of nitrogens with one attached hydrogen (secondary N) is 2. The van der Waals surface area contributed by atoms with E-state index in [2.05, 4.69) is 30.5 Å². The van der Waals surface area contributed by atoms with Crippen LogP contribution in [0.15, 0.2) is 24.3 Å². The van der Waals surface area contributed by atoms with E-state index >= 15 is 0 Å². The standard InChI is InChI=1S/C13H20N2OS/c1-3-7-14-13(17)15-8-9-16-12-6-4-5-11(2)10-12/h4-6,10H,3,7-9H2,1-2H3,(H2,14,15,17). The van der Waals surface area contributed by atoms with Crippen LogP contribution in [0.2, 0.25) is 0 Å². The molecule has 0 bridgehead atoms. The van der Waals surface area contributed by atoms with Crippen molar-refractivity contribution in [1.29, 1.82) is 0 Å². The molecule has 0 aliphatic carbocycles. The van der Waals surface area contributed by atoms with Gasteiger partial charge in [-0.25, -0.2) is 0 Å². The van der Waals surface area contributed by atoms with Crippen molar-refractivity contribution in [3.05, 3.63) is 29.8 Å². The number of rotatable bonds is 6. The summed E-state index contributed by atoms with van der Waals surface area (Å²) in [6.45, 7) is 6.39. The first-order chi connectivity index (χ1) is 8.22. The highest BCUT2D eigenvalue weighted by Crippen LogP contribution is 2.11. The zero-order valence-corrected chi connectivity index (χ0v) is 11.3. The largest absolute Gasteiger partial charge is 0.492 e. The third kappa shape index (κ3) is 6.12. The van der Waals surface area contributed by atoms with Crippen LogP contribution in [0.3, 0.4) is 0 Å². The zero-order chi connectivity index (χ0) is 12.5. The van der Waals surface area contributed by atoms with Crippen molar-refractivity contribution in [2.24, 2.45) is 0 Å². The minimum atomic E-state index is 0.609. The molecule has 3 nitrogen and oxygen atoms in total. The van der Waals surface area contributed by atoms with Crippen LogP contribution in [0.1, 0.15) is 18.9 Å². The molecule has 0 aliphatic heterocycles. The molecule has 0 saturated carbocycles. The maximum absolute atomic E-state index is 5.59. The first kappa shape index (κ1) is 13.8. The number of aryl methyl sites for hydroxylation is 1. The minimum absolute atomic E-state index is 0.609. The molecule has 1 aromatic rings. The lowest BCUT2D eigenvalue weighted by Gasteiger charge is -2.10. The summed E-state index contributed by atoms with van der Waals surface area (Å²) in [6, 6.07) is 8.02. The van der Waals surface area contributed by atoms with E-state index in [0.717, 1.165) is 18.7 Å². The fraction of sp³-hybridized carbons (Fsp3) is 0.462. The van der Waals surface area contributed by atoms with Gasteiger partial charge in [0.25, 0.3) is 0 Å². The Morgan fingerprint density at radius 1 is 1.29 bits per heavy atom. The second-order valence-electron chi connectivity index (χ2n) is 3.85. The van der Waals surface area contributed by atoms with Gasteiger partial charge in [0.2, 0.25) is 0 Å². The van der Waals surface area contributed by atoms with E-state index in [1.807, 2.05) is 18.2 Å². The predicted molar refractivity (Wildman–Crippen MR) is 75.6 cm³/mol. The molecule has 0 aliphatic rings.